The molecule has 1 aromatic rings. The number of hydrogen-bond acceptors (Lipinski definition) is 6. The zero-order valence-corrected chi connectivity index (χ0v) is 14.2. The van der Waals surface area contributed by atoms with Gasteiger partial charge in [0.15, 0.2) is 0 Å². The highest BCUT2D eigenvalue weighted by Crippen LogP contribution is 2.08. The molecule has 1 aromatic carbocycles. The quantitative estimate of drug-likeness (QED) is 0.718. The Bertz CT molecular complexity index is 390. The predicted molar refractivity (Wildman–Crippen MR) is 89.0 cm³/mol. The van der Waals surface area contributed by atoms with E-state index in [1.54, 1.807) is 0 Å². The summed E-state index contributed by atoms with van der Waals surface area (Å²) >= 11 is 0. The van der Waals surface area contributed by atoms with Crippen LogP contribution in [0.2, 0.25) is 0 Å². The summed E-state index contributed by atoms with van der Waals surface area (Å²) in [5, 5.41) is 0. The average molecular weight is 340 g/mol. The van der Waals surface area contributed by atoms with Crippen LogP contribution in [-0.2, 0) is 41.6 Å². The van der Waals surface area contributed by atoms with Gasteiger partial charge in [-0.05, 0) is 11.1 Å². The molecule has 0 radical (unpaired) electrons. The van der Waals surface area contributed by atoms with Gasteiger partial charge in [0.25, 0.3) is 0 Å². The molecule has 6 heteroatoms. The third-order valence-corrected chi connectivity index (χ3v) is 3.39. The van der Waals surface area contributed by atoms with E-state index in [2.05, 4.69) is 18.2 Å². The number of hydrogen-bond donors (Lipinski definition) is 0. The molecule has 0 N–H and O–H groups in total. The summed E-state index contributed by atoms with van der Waals surface area (Å²) < 4.78 is 33.0. The summed E-state index contributed by atoms with van der Waals surface area (Å²) in [6.45, 7) is 6.85. The van der Waals surface area contributed by atoms with Crippen LogP contribution >= 0.6 is 0 Å². The fraction of sp³-hybridized carbons (Fsp3) is 0.667. The molecule has 0 spiro atoms. The van der Waals surface area contributed by atoms with Gasteiger partial charge in [0.1, 0.15) is 0 Å². The average Bonchev–Trinajstić information content (AvgIpc) is 2.60. The van der Waals surface area contributed by atoms with Gasteiger partial charge in [-0.1, -0.05) is 24.3 Å². The predicted octanol–water partition coefficient (Wildman–Crippen LogP) is 1.80. The second kappa shape index (κ2) is 13.3. The van der Waals surface area contributed by atoms with E-state index in [0.29, 0.717) is 79.3 Å². The minimum absolute atomic E-state index is 0.568. The molecule has 0 aliphatic carbocycles. The van der Waals surface area contributed by atoms with Crippen LogP contribution in [0.1, 0.15) is 11.1 Å². The van der Waals surface area contributed by atoms with Gasteiger partial charge in [0, 0.05) is 0 Å². The van der Waals surface area contributed by atoms with E-state index in [1.165, 1.54) is 0 Å². The highest BCUT2D eigenvalue weighted by atomic mass is 16.6. The molecule has 1 heterocycles. The van der Waals surface area contributed by atoms with Crippen molar-refractivity contribution < 1.29 is 28.4 Å². The Balaban J connectivity index is 1.72. The topological polar surface area (TPSA) is 55.4 Å². The molecule has 0 aromatic heterocycles. The van der Waals surface area contributed by atoms with Gasteiger partial charge in [0.2, 0.25) is 0 Å². The van der Waals surface area contributed by atoms with Gasteiger partial charge in [0.05, 0.1) is 79.3 Å². The van der Waals surface area contributed by atoms with Crippen LogP contribution in [0.3, 0.4) is 0 Å². The molecule has 0 fully saturated rings. The summed E-state index contributed by atoms with van der Waals surface area (Å²) in [6.07, 6.45) is 0. The van der Waals surface area contributed by atoms with Gasteiger partial charge < -0.3 is 28.4 Å². The van der Waals surface area contributed by atoms with Crippen molar-refractivity contribution >= 4 is 0 Å². The van der Waals surface area contributed by atoms with Crippen molar-refractivity contribution in [3.8, 4) is 0 Å². The van der Waals surface area contributed by atoms with Crippen LogP contribution in [0.25, 0.3) is 0 Å². The van der Waals surface area contributed by atoms with Crippen LogP contribution in [0.15, 0.2) is 24.3 Å². The van der Waals surface area contributed by atoms with E-state index >= 15 is 0 Å². The van der Waals surface area contributed by atoms with Gasteiger partial charge in [-0.25, -0.2) is 0 Å². The molecule has 0 atom stereocenters. The van der Waals surface area contributed by atoms with E-state index in [0.717, 1.165) is 11.1 Å². The number of rotatable bonds is 0. The van der Waals surface area contributed by atoms with Crippen molar-refractivity contribution in [3.05, 3.63) is 35.4 Å². The first kappa shape index (κ1) is 19.3. The maximum atomic E-state index is 5.62. The molecule has 2 rings (SSSR count). The van der Waals surface area contributed by atoms with Crippen molar-refractivity contribution in [2.75, 3.05) is 66.1 Å². The molecule has 1 aliphatic rings. The maximum Gasteiger partial charge on any atom is 0.0718 e. The standard InChI is InChI=1S/C18H28O6/c1-2-17-14-18(3-1)16-24-13-11-22-9-7-20-5-4-19-6-8-21-10-12-23-15-17/h1-3,14H,4-13,15-16H2. The largest absolute Gasteiger partial charge is 0.377 e. The van der Waals surface area contributed by atoms with Crippen molar-refractivity contribution in [1.82, 2.24) is 0 Å². The molecule has 0 saturated carbocycles. The van der Waals surface area contributed by atoms with E-state index in [9.17, 15) is 0 Å². The minimum atomic E-state index is 0.568. The lowest BCUT2D eigenvalue weighted by Crippen LogP contribution is -2.13. The monoisotopic (exact) mass is 340 g/mol. The molecule has 6 nitrogen and oxygen atoms in total. The Kier molecular flexibility index (Phi) is 10.7. The van der Waals surface area contributed by atoms with Gasteiger partial charge in [-0.3, -0.25) is 0 Å². The lowest BCUT2D eigenvalue weighted by molar-refractivity contribution is -0.0181. The van der Waals surface area contributed by atoms with Gasteiger partial charge >= 0.3 is 0 Å². The summed E-state index contributed by atoms with van der Waals surface area (Å²) in [6, 6.07) is 8.23. The van der Waals surface area contributed by atoms with E-state index in [-0.39, 0.29) is 0 Å². The number of benzene rings is 1. The molecular formula is C18H28O6. The molecular weight excluding hydrogens is 312 g/mol. The van der Waals surface area contributed by atoms with Crippen molar-refractivity contribution in [2.45, 2.75) is 13.2 Å². The molecule has 2 bridgehead atoms. The normalized spacial score (nSPS) is 20.8. The minimum Gasteiger partial charge on any atom is -0.377 e. The maximum absolute atomic E-state index is 5.62. The summed E-state index contributed by atoms with van der Waals surface area (Å²) in [5.74, 6) is 0. The van der Waals surface area contributed by atoms with Crippen LogP contribution < -0.4 is 0 Å². The molecule has 0 saturated heterocycles. The fourth-order valence-electron chi connectivity index (χ4n) is 2.19. The summed E-state index contributed by atoms with van der Waals surface area (Å²) in [5.41, 5.74) is 2.28. The number of ether oxygens (including phenoxy) is 6. The Morgan fingerprint density at radius 1 is 0.458 bits per heavy atom. The van der Waals surface area contributed by atoms with Crippen molar-refractivity contribution in [3.63, 3.8) is 0 Å². The lowest BCUT2D eigenvalue weighted by atomic mass is 10.1. The summed E-state index contributed by atoms with van der Waals surface area (Å²) in [4.78, 5) is 0. The van der Waals surface area contributed by atoms with E-state index in [1.807, 2.05) is 6.07 Å². The Labute approximate surface area is 143 Å². The molecule has 0 amide bonds. The van der Waals surface area contributed by atoms with E-state index in [4.69, 9.17) is 28.4 Å². The van der Waals surface area contributed by atoms with Crippen LogP contribution in [0, 0.1) is 0 Å². The smallest absolute Gasteiger partial charge is 0.0718 e. The first-order valence-electron chi connectivity index (χ1n) is 8.49. The molecule has 1 aliphatic heterocycles. The lowest BCUT2D eigenvalue weighted by Gasteiger charge is -2.08. The fourth-order valence-corrected chi connectivity index (χ4v) is 2.19. The first-order valence-corrected chi connectivity index (χ1v) is 8.49. The number of fused-ring (bicyclic) bond motifs is 2. The third-order valence-electron chi connectivity index (χ3n) is 3.39. The zero-order valence-electron chi connectivity index (χ0n) is 14.2. The van der Waals surface area contributed by atoms with E-state index < -0.39 is 0 Å². The van der Waals surface area contributed by atoms with Gasteiger partial charge in [-0.15, -0.1) is 0 Å². The van der Waals surface area contributed by atoms with Crippen molar-refractivity contribution in [2.24, 2.45) is 0 Å². The van der Waals surface area contributed by atoms with Crippen LogP contribution in [-0.4, -0.2) is 66.1 Å². The van der Waals surface area contributed by atoms with Gasteiger partial charge in [-0.2, -0.15) is 0 Å². The second-order valence-corrected chi connectivity index (χ2v) is 5.37. The highest BCUT2D eigenvalue weighted by molar-refractivity contribution is 5.22. The van der Waals surface area contributed by atoms with Crippen molar-refractivity contribution in [1.29, 1.82) is 0 Å². The Hall–Kier alpha value is -1.02. The molecule has 0 unspecified atom stereocenters. The van der Waals surface area contributed by atoms with Crippen LogP contribution in [0.4, 0.5) is 0 Å². The summed E-state index contributed by atoms with van der Waals surface area (Å²) in [7, 11) is 0. The zero-order chi connectivity index (χ0) is 16.7. The second-order valence-electron chi connectivity index (χ2n) is 5.37. The molecule has 136 valence electrons. The highest BCUT2D eigenvalue weighted by Gasteiger charge is 1.99. The Morgan fingerprint density at radius 2 is 0.792 bits per heavy atom. The van der Waals surface area contributed by atoms with Crippen LogP contribution in [0.5, 0.6) is 0 Å². The SMILES string of the molecule is c1cc2cc(c1)COCCOCCOCCOCCOCCOC2. The third kappa shape index (κ3) is 9.32. The molecule has 24 heavy (non-hydrogen) atoms. The Morgan fingerprint density at radius 3 is 1.17 bits per heavy atom. The first-order chi connectivity index (χ1) is 11.9.